The summed E-state index contributed by atoms with van der Waals surface area (Å²) in [5.41, 5.74) is -0.655. The number of carbonyl (C=O) groups is 3. The molecule has 1 rings (SSSR count). The lowest BCUT2D eigenvalue weighted by Gasteiger charge is -2.32. The normalized spacial score (nSPS) is 21.4. The Morgan fingerprint density at radius 1 is 1.43 bits per heavy atom. The number of ether oxygens (including phenoxy) is 1. The molecule has 21 heavy (non-hydrogen) atoms. The van der Waals surface area contributed by atoms with Gasteiger partial charge in [0.25, 0.3) is 0 Å². The first-order valence-electron chi connectivity index (χ1n) is 7.26. The fourth-order valence-electron chi connectivity index (χ4n) is 2.30. The highest BCUT2D eigenvalue weighted by atomic mass is 79.9. The third-order valence-corrected chi connectivity index (χ3v) is 3.85. The molecule has 0 bridgehead atoms. The lowest BCUT2D eigenvalue weighted by molar-refractivity contribution is -0.142. The number of Topliss-reactive ketones (excluding diaryl/α,β-unsaturated/α-hetero) is 1. The summed E-state index contributed by atoms with van der Waals surface area (Å²) >= 11 is 3.38. The Morgan fingerprint density at radius 2 is 2.05 bits per heavy atom. The molecule has 0 aromatic carbocycles. The zero-order valence-corrected chi connectivity index (χ0v) is 14.7. The van der Waals surface area contributed by atoms with E-state index >= 15 is 0 Å². The van der Waals surface area contributed by atoms with Gasteiger partial charge in [0.1, 0.15) is 11.4 Å². The summed E-state index contributed by atoms with van der Waals surface area (Å²) in [6.07, 6.45) is 0.796. The van der Waals surface area contributed by atoms with Crippen molar-refractivity contribution < 1.29 is 19.1 Å². The molecule has 0 aromatic rings. The molecule has 1 saturated heterocycles. The van der Waals surface area contributed by atoms with Gasteiger partial charge in [0, 0.05) is 17.8 Å². The monoisotopic (exact) mass is 361 g/mol. The molecule has 1 aliphatic heterocycles. The van der Waals surface area contributed by atoms with Crippen molar-refractivity contribution in [3.05, 3.63) is 0 Å². The molecular weight excluding hydrogens is 338 g/mol. The number of halogens is 1. The van der Waals surface area contributed by atoms with Crippen molar-refractivity contribution in [1.82, 2.24) is 4.90 Å². The molecule has 1 heterocycles. The molecule has 0 aliphatic carbocycles. The van der Waals surface area contributed by atoms with Crippen molar-refractivity contribution in [3.8, 4) is 0 Å². The van der Waals surface area contributed by atoms with Crippen LogP contribution in [-0.4, -0.2) is 40.2 Å². The van der Waals surface area contributed by atoms with Gasteiger partial charge in [0.05, 0.1) is 6.42 Å². The molecule has 0 spiro atoms. The van der Waals surface area contributed by atoms with Crippen molar-refractivity contribution in [1.29, 1.82) is 0 Å². The first kappa shape index (κ1) is 18.1. The van der Waals surface area contributed by atoms with E-state index in [4.69, 9.17) is 4.74 Å². The third kappa shape index (κ3) is 5.77. The molecule has 5 nitrogen and oxygen atoms in total. The van der Waals surface area contributed by atoms with Crippen LogP contribution in [0.25, 0.3) is 0 Å². The van der Waals surface area contributed by atoms with E-state index in [0.717, 1.165) is 16.7 Å². The van der Waals surface area contributed by atoms with Crippen molar-refractivity contribution >= 4 is 33.7 Å². The Balaban J connectivity index is 2.71. The Bertz CT molecular complexity index is 416. The standard InChI is InChI=1S/C15H24BrNO4/c1-10(5-6-16)7-11-9-17(13(19)8-12(11)18)14(20)21-15(2,3)4/h10-11H,5-9H2,1-4H3/t10-,11?/m0/s1. The molecule has 0 saturated carbocycles. The first-order valence-corrected chi connectivity index (χ1v) is 8.38. The highest BCUT2D eigenvalue weighted by molar-refractivity contribution is 9.09. The molecular formula is C15H24BrNO4. The van der Waals surface area contributed by atoms with E-state index in [2.05, 4.69) is 22.9 Å². The van der Waals surface area contributed by atoms with E-state index in [1.165, 1.54) is 0 Å². The second-order valence-electron chi connectivity index (χ2n) is 6.64. The Morgan fingerprint density at radius 3 is 2.57 bits per heavy atom. The van der Waals surface area contributed by atoms with Crippen LogP contribution in [0.3, 0.4) is 0 Å². The molecule has 2 atom stereocenters. The SMILES string of the molecule is C[C@@H](CCBr)CC1CN(C(=O)OC(C)(C)C)C(=O)CC1=O. The smallest absolute Gasteiger partial charge is 0.417 e. The second kappa shape index (κ2) is 7.38. The number of likely N-dealkylation sites (tertiary alicyclic amines) is 1. The minimum atomic E-state index is -0.655. The molecule has 0 N–H and O–H groups in total. The highest BCUT2D eigenvalue weighted by Crippen LogP contribution is 2.24. The highest BCUT2D eigenvalue weighted by Gasteiger charge is 2.38. The van der Waals surface area contributed by atoms with Crippen LogP contribution in [0.15, 0.2) is 0 Å². The summed E-state index contributed by atoms with van der Waals surface area (Å²) in [5.74, 6) is -0.434. The van der Waals surface area contributed by atoms with Gasteiger partial charge in [-0.15, -0.1) is 0 Å². The van der Waals surface area contributed by atoms with Crippen LogP contribution in [0.1, 0.15) is 47.0 Å². The van der Waals surface area contributed by atoms with Gasteiger partial charge in [-0.2, -0.15) is 0 Å². The lowest BCUT2D eigenvalue weighted by Crippen LogP contribution is -2.49. The number of ketones is 1. The maximum atomic E-state index is 12.1. The van der Waals surface area contributed by atoms with Crippen molar-refractivity contribution in [2.24, 2.45) is 11.8 Å². The van der Waals surface area contributed by atoms with E-state index in [9.17, 15) is 14.4 Å². The average molecular weight is 362 g/mol. The Hall–Kier alpha value is -0.910. The molecule has 2 amide bonds. The molecule has 0 aromatic heterocycles. The van der Waals surface area contributed by atoms with Crippen LogP contribution >= 0.6 is 15.9 Å². The summed E-state index contributed by atoms with van der Waals surface area (Å²) in [6, 6.07) is 0. The molecule has 6 heteroatoms. The maximum absolute atomic E-state index is 12.1. The minimum absolute atomic E-state index is 0.0683. The van der Waals surface area contributed by atoms with E-state index in [1.807, 2.05) is 0 Å². The number of hydrogen-bond donors (Lipinski definition) is 0. The predicted molar refractivity (Wildman–Crippen MR) is 83.3 cm³/mol. The van der Waals surface area contributed by atoms with Gasteiger partial charge in [-0.05, 0) is 39.5 Å². The van der Waals surface area contributed by atoms with E-state index < -0.39 is 17.6 Å². The third-order valence-electron chi connectivity index (χ3n) is 3.39. The number of imide groups is 1. The van der Waals surface area contributed by atoms with Gasteiger partial charge in [0.15, 0.2) is 0 Å². The average Bonchev–Trinajstić information content (AvgIpc) is 2.30. The quantitative estimate of drug-likeness (QED) is 0.569. The summed E-state index contributed by atoms with van der Waals surface area (Å²) in [4.78, 5) is 37.0. The molecule has 120 valence electrons. The molecule has 0 radical (unpaired) electrons. The second-order valence-corrected chi connectivity index (χ2v) is 7.44. The number of carbonyl (C=O) groups excluding carboxylic acids is 3. The van der Waals surface area contributed by atoms with Gasteiger partial charge in [-0.3, -0.25) is 9.59 Å². The van der Waals surface area contributed by atoms with Gasteiger partial charge in [-0.1, -0.05) is 22.9 Å². The van der Waals surface area contributed by atoms with Crippen molar-refractivity contribution in [3.63, 3.8) is 0 Å². The molecule has 1 aliphatic rings. The summed E-state index contributed by atoms with van der Waals surface area (Å²) in [7, 11) is 0. The van der Waals surface area contributed by atoms with Crippen molar-refractivity contribution in [2.75, 3.05) is 11.9 Å². The Labute approximate surface area is 134 Å². The van der Waals surface area contributed by atoms with E-state index in [0.29, 0.717) is 12.3 Å². The van der Waals surface area contributed by atoms with Crippen molar-refractivity contribution in [2.45, 2.75) is 52.6 Å². The lowest BCUT2D eigenvalue weighted by atomic mass is 9.87. The van der Waals surface area contributed by atoms with Crippen LogP contribution in [0, 0.1) is 11.8 Å². The van der Waals surface area contributed by atoms with Gasteiger partial charge < -0.3 is 4.74 Å². The summed E-state index contributed by atoms with van der Waals surface area (Å²) < 4.78 is 5.23. The summed E-state index contributed by atoms with van der Waals surface area (Å²) in [6.45, 7) is 7.46. The number of amides is 2. The maximum Gasteiger partial charge on any atom is 0.417 e. The van der Waals surface area contributed by atoms with Crippen LogP contribution in [0.5, 0.6) is 0 Å². The summed E-state index contributed by atoms with van der Waals surface area (Å²) in [5, 5.41) is 0.879. The zero-order chi connectivity index (χ0) is 16.2. The number of alkyl halides is 1. The number of nitrogens with zero attached hydrogens (tertiary/aromatic N) is 1. The molecule has 1 unspecified atom stereocenters. The minimum Gasteiger partial charge on any atom is -0.443 e. The van der Waals surface area contributed by atoms with Crippen LogP contribution in [-0.2, 0) is 14.3 Å². The fourth-order valence-corrected chi connectivity index (χ4v) is 3.08. The first-order chi connectivity index (χ1) is 9.64. The van der Waals surface area contributed by atoms with Crippen LogP contribution in [0.4, 0.5) is 4.79 Å². The number of hydrogen-bond acceptors (Lipinski definition) is 4. The van der Waals surface area contributed by atoms with Gasteiger partial charge in [-0.25, -0.2) is 9.69 Å². The number of piperidine rings is 1. The Kier molecular flexibility index (Phi) is 6.38. The van der Waals surface area contributed by atoms with E-state index in [1.54, 1.807) is 20.8 Å². The largest absolute Gasteiger partial charge is 0.443 e. The van der Waals surface area contributed by atoms with Gasteiger partial charge in [0.2, 0.25) is 5.91 Å². The van der Waals surface area contributed by atoms with Gasteiger partial charge >= 0.3 is 6.09 Å². The fraction of sp³-hybridized carbons (Fsp3) is 0.800. The number of rotatable bonds is 4. The zero-order valence-electron chi connectivity index (χ0n) is 13.1. The predicted octanol–water partition coefficient (Wildman–Crippen LogP) is 3.15. The van der Waals surface area contributed by atoms with Crippen LogP contribution < -0.4 is 0 Å². The van der Waals surface area contributed by atoms with E-state index in [-0.39, 0.29) is 24.7 Å². The topological polar surface area (TPSA) is 63.7 Å². The molecule has 1 fully saturated rings. The van der Waals surface area contributed by atoms with Crippen LogP contribution in [0.2, 0.25) is 0 Å².